The van der Waals surface area contributed by atoms with Gasteiger partial charge in [0.15, 0.2) is 0 Å². The number of para-hydroxylation sites is 2. The van der Waals surface area contributed by atoms with Crippen LogP contribution in [0.25, 0.3) is 11.0 Å². The average molecular weight is 441 g/mol. The minimum absolute atomic E-state index is 0.00123. The summed E-state index contributed by atoms with van der Waals surface area (Å²) in [6.07, 6.45) is 3.79. The van der Waals surface area contributed by atoms with Crippen molar-refractivity contribution in [2.45, 2.75) is 26.3 Å². The summed E-state index contributed by atoms with van der Waals surface area (Å²) >= 11 is 0. The average Bonchev–Trinajstić information content (AvgIpc) is 3.14. The molecule has 0 saturated heterocycles. The van der Waals surface area contributed by atoms with Gasteiger partial charge in [0.1, 0.15) is 0 Å². The smallest absolute Gasteiger partial charge is 0.269 e. The zero-order chi connectivity index (χ0) is 23.0. The second-order valence-corrected chi connectivity index (χ2v) is 7.32. The van der Waals surface area contributed by atoms with Gasteiger partial charge >= 0.3 is 0 Å². The van der Waals surface area contributed by atoms with E-state index >= 15 is 0 Å². The van der Waals surface area contributed by atoms with Gasteiger partial charge in [-0.3, -0.25) is 10.1 Å². The van der Waals surface area contributed by atoms with Crippen molar-refractivity contribution in [3.8, 4) is 0 Å². The number of fused-ring (bicyclic) bond motifs is 1. The van der Waals surface area contributed by atoms with E-state index in [9.17, 15) is 10.1 Å². The Bertz CT molecular complexity index is 1370. The van der Waals surface area contributed by atoms with Crippen LogP contribution in [0.2, 0.25) is 0 Å². The van der Waals surface area contributed by atoms with Gasteiger partial charge in [-0.2, -0.15) is 9.78 Å². The topological polar surface area (TPSA) is 102 Å². The Balaban J connectivity index is 1.80. The molecule has 0 aliphatic heterocycles. The van der Waals surface area contributed by atoms with Crippen LogP contribution in [0.5, 0.6) is 0 Å². The Hall–Kier alpha value is -4.40. The molecule has 4 aromatic rings. The molecule has 0 aliphatic carbocycles. The van der Waals surface area contributed by atoms with Gasteiger partial charge in [-0.1, -0.05) is 60.9 Å². The lowest BCUT2D eigenvalue weighted by Crippen LogP contribution is -2.24. The molecule has 9 nitrogen and oxygen atoms in total. The summed E-state index contributed by atoms with van der Waals surface area (Å²) in [5.41, 5.74) is 3.89. The lowest BCUT2D eigenvalue weighted by Gasteiger charge is -2.02. The third-order valence-corrected chi connectivity index (χ3v) is 5.04. The molecule has 0 unspecified atom stereocenters. The maximum absolute atomic E-state index is 10.8. The highest BCUT2D eigenvalue weighted by atomic mass is 16.6. The van der Waals surface area contributed by atoms with Crippen LogP contribution >= 0.6 is 0 Å². The zero-order valence-corrected chi connectivity index (χ0v) is 18.2. The molecule has 0 N–H and O–H groups in total. The largest absolute Gasteiger partial charge is 0.307 e. The van der Waals surface area contributed by atoms with Crippen molar-refractivity contribution in [3.05, 3.63) is 100 Å². The molecule has 0 amide bonds. The summed E-state index contributed by atoms with van der Waals surface area (Å²) < 4.78 is 3.84. The molecule has 9 heteroatoms. The number of nitro groups is 1. The standard InChI is InChI=1S/C24H23N7O2/c1-2-3-17-29-22-11-7-8-12-23(22)30(25-18-19-9-5-4-6-10-19)24(29)27-28-26-20-13-15-21(16-14-20)31(32)33/h4-16,18H,2-3,17H2,1H3/b25-18+,27-24+,28-26?. The van der Waals surface area contributed by atoms with Crippen LogP contribution in [0.3, 0.4) is 0 Å². The lowest BCUT2D eigenvalue weighted by molar-refractivity contribution is -0.384. The van der Waals surface area contributed by atoms with Gasteiger partial charge in [0.2, 0.25) is 0 Å². The maximum atomic E-state index is 10.8. The predicted molar refractivity (Wildman–Crippen MR) is 127 cm³/mol. The highest BCUT2D eigenvalue weighted by Crippen LogP contribution is 2.18. The third kappa shape index (κ3) is 5.09. The second kappa shape index (κ2) is 10.3. The SMILES string of the molecule is CCCCn1/c(=N\N=Nc2ccc([N+](=O)[O-])cc2)n(/N=C/c2ccccc2)c2ccccc21. The number of nitro benzene ring substituents is 1. The first-order valence-corrected chi connectivity index (χ1v) is 10.7. The van der Waals surface area contributed by atoms with Crippen molar-refractivity contribution < 1.29 is 4.92 Å². The molecule has 0 bridgehead atoms. The molecule has 0 radical (unpaired) electrons. The van der Waals surface area contributed by atoms with Crippen molar-refractivity contribution in [1.82, 2.24) is 9.24 Å². The van der Waals surface area contributed by atoms with Crippen LogP contribution < -0.4 is 5.62 Å². The van der Waals surface area contributed by atoms with Crippen molar-refractivity contribution in [1.29, 1.82) is 0 Å². The number of imidazole rings is 1. The van der Waals surface area contributed by atoms with Crippen molar-refractivity contribution >= 4 is 28.6 Å². The third-order valence-electron chi connectivity index (χ3n) is 5.04. The number of benzene rings is 3. The van der Waals surface area contributed by atoms with Crippen LogP contribution in [-0.4, -0.2) is 20.4 Å². The molecule has 0 spiro atoms. The Morgan fingerprint density at radius 2 is 1.64 bits per heavy atom. The number of hydrogen-bond acceptors (Lipinski definition) is 5. The van der Waals surface area contributed by atoms with Gasteiger partial charge in [0.05, 0.1) is 27.9 Å². The van der Waals surface area contributed by atoms with Crippen LogP contribution in [0, 0.1) is 10.1 Å². The number of rotatable bonds is 8. The molecule has 0 aliphatic rings. The monoisotopic (exact) mass is 441 g/mol. The highest BCUT2D eigenvalue weighted by Gasteiger charge is 2.11. The number of aromatic nitrogens is 2. The quantitative estimate of drug-likeness (QED) is 0.153. The van der Waals surface area contributed by atoms with E-state index in [1.807, 2.05) is 54.6 Å². The van der Waals surface area contributed by atoms with E-state index in [0.717, 1.165) is 36.0 Å². The molecule has 1 aromatic heterocycles. The molecule has 33 heavy (non-hydrogen) atoms. The molecule has 166 valence electrons. The van der Waals surface area contributed by atoms with E-state index < -0.39 is 4.92 Å². The summed E-state index contributed by atoms with van der Waals surface area (Å²) in [7, 11) is 0. The van der Waals surface area contributed by atoms with E-state index in [1.165, 1.54) is 24.3 Å². The van der Waals surface area contributed by atoms with E-state index in [1.54, 1.807) is 10.9 Å². The lowest BCUT2D eigenvalue weighted by atomic mass is 10.2. The normalized spacial score (nSPS) is 12.3. The Morgan fingerprint density at radius 3 is 2.33 bits per heavy atom. The molecular formula is C24H23N7O2. The number of hydrogen-bond donors (Lipinski definition) is 0. The second-order valence-electron chi connectivity index (χ2n) is 7.32. The minimum Gasteiger partial charge on any atom is -0.307 e. The Morgan fingerprint density at radius 1 is 0.939 bits per heavy atom. The molecule has 0 atom stereocenters. The van der Waals surface area contributed by atoms with Gasteiger partial charge in [-0.05, 0) is 41.5 Å². The van der Waals surface area contributed by atoms with Crippen molar-refractivity contribution in [2.24, 2.45) is 20.5 Å². The van der Waals surface area contributed by atoms with Gasteiger partial charge < -0.3 is 4.57 Å². The molecule has 3 aromatic carbocycles. The van der Waals surface area contributed by atoms with Gasteiger partial charge in [-0.15, -0.1) is 5.11 Å². The summed E-state index contributed by atoms with van der Waals surface area (Å²) in [6.45, 7) is 2.90. The van der Waals surface area contributed by atoms with E-state index in [4.69, 9.17) is 5.10 Å². The van der Waals surface area contributed by atoms with Crippen molar-refractivity contribution in [2.75, 3.05) is 0 Å². The number of nitrogens with zero attached hydrogens (tertiary/aromatic N) is 7. The van der Waals surface area contributed by atoms with E-state index in [0.29, 0.717) is 11.3 Å². The fraction of sp³-hybridized carbons (Fsp3) is 0.167. The Labute approximate surface area is 190 Å². The fourth-order valence-corrected chi connectivity index (χ4v) is 3.37. The van der Waals surface area contributed by atoms with Gasteiger partial charge in [0.25, 0.3) is 11.3 Å². The van der Waals surface area contributed by atoms with Crippen LogP contribution in [0.1, 0.15) is 25.3 Å². The van der Waals surface area contributed by atoms with Gasteiger partial charge in [-0.25, -0.2) is 0 Å². The number of unbranched alkanes of at least 4 members (excludes halogenated alkanes) is 1. The van der Waals surface area contributed by atoms with E-state index in [2.05, 4.69) is 26.9 Å². The fourth-order valence-electron chi connectivity index (χ4n) is 3.37. The van der Waals surface area contributed by atoms with Crippen LogP contribution in [-0.2, 0) is 6.54 Å². The molecular weight excluding hydrogens is 418 g/mol. The molecule has 4 rings (SSSR count). The first-order chi connectivity index (χ1) is 16.2. The first kappa shape index (κ1) is 21.8. The number of aryl methyl sites for hydroxylation is 1. The molecule has 1 heterocycles. The Kier molecular flexibility index (Phi) is 6.79. The van der Waals surface area contributed by atoms with Crippen LogP contribution in [0.4, 0.5) is 11.4 Å². The molecule has 0 fully saturated rings. The first-order valence-electron chi connectivity index (χ1n) is 10.7. The summed E-state index contributed by atoms with van der Waals surface area (Å²) in [5.74, 6) is 0. The van der Waals surface area contributed by atoms with E-state index in [-0.39, 0.29) is 5.69 Å². The minimum atomic E-state index is -0.453. The van der Waals surface area contributed by atoms with Crippen molar-refractivity contribution in [3.63, 3.8) is 0 Å². The number of non-ortho nitro benzene ring substituents is 1. The van der Waals surface area contributed by atoms with Crippen LogP contribution in [0.15, 0.2) is 99.4 Å². The summed E-state index contributed by atoms with van der Waals surface area (Å²) in [6, 6.07) is 23.6. The van der Waals surface area contributed by atoms with Gasteiger partial charge in [0, 0.05) is 18.7 Å². The molecule has 0 saturated carbocycles. The summed E-state index contributed by atoms with van der Waals surface area (Å²) in [5, 5.41) is 28.1. The maximum Gasteiger partial charge on any atom is 0.269 e. The highest BCUT2D eigenvalue weighted by molar-refractivity contribution is 5.81. The zero-order valence-electron chi connectivity index (χ0n) is 18.2. The predicted octanol–water partition coefficient (Wildman–Crippen LogP) is 5.63. The summed E-state index contributed by atoms with van der Waals surface area (Å²) in [4.78, 5) is 10.4.